The second-order valence-corrected chi connectivity index (χ2v) is 5.90. The number of amides is 1. The number of hydrogen-bond acceptors (Lipinski definition) is 3. The molecule has 0 bridgehead atoms. The second-order valence-electron chi connectivity index (χ2n) is 5.90. The van der Waals surface area contributed by atoms with Gasteiger partial charge in [0, 0.05) is 11.1 Å². The van der Waals surface area contributed by atoms with Crippen LogP contribution in [0.25, 0.3) is 22.1 Å². The molecule has 4 aromatic rings. The summed E-state index contributed by atoms with van der Waals surface area (Å²) in [6.45, 7) is 0.0774. The monoisotopic (exact) mass is 343 g/mol. The first-order valence-corrected chi connectivity index (χ1v) is 8.35. The molecule has 0 saturated heterocycles. The fourth-order valence-corrected chi connectivity index (χ4v) is 2.79. The van der Waals surface area contributed by atoms with E-state index in [9.17, 15) is 4.79 Å². The van der Waals surface area contributed by atoms with Crippen LogP contribution >= 0.6 is 0 Å². The Bertz CT molecular complexity index is 1020. The molecule has 0 aliphatic carbocycles. The number of carbonyl (C=O) groups excluding carboxylic acids is 1. The molecule has 1 N–H and O–H groups in total. The number of hydrogen-bond donors (Lipinski definition) is 1. The number of carbonyl (C=O) groups is 1. The summed E-state index contributed by atoms with van der Waals surface area (Å²) < 4.78 is 11.0. The van der Waals surface area contributed by atoms with Crippen LogP contribution in [-0.4, -0.2) is 6.09 Å². The van der Waals surface area contributed by atoms with E-state index in [1.165, 1.54) is 0 Å². The molecule has 0 atom stereocenters. The summed E-state index contributed by atoms with van der Waals surface area (Å²) in [5, 5.41) is 3.65. The lowest BCUT2D eigenvalue weighted by atomic mass is 10.0. The average molecular weight is 343 g/mol. The number of furan rings is 1. The summed E-state index contributed by atoms with van der Waals surface area (Å²) >= 11 is 0. The topological polar surface area (TPSA) is 51.5 Å². The molecule has 0 fully saturated rings. The van der Waals surface area contributed by atoms with Crippen molar-refractivity contribution in [3.05, 3.63) is 90.7 Å². The van der Waals surface area contributed by atoms with Crippen molar-refractivity contribution in [2.75, 3.05) is 5.32 Å². The van der Waals surface area contributed by atoms with Crippen LogP contribution in [0.4, 0.5) is 10.5 Å². The van der Waals surface area contributed by atoms with Crippen molar-refractivity contribution in [2.45, 2.75) is 6.61 Å². The lowest BCUT2D eigenvalue weighted by Gasteiger charge is -2.05. The zero-order valence-electron chi connectivity index (χ0n) is 14.0. The summed E-state index contributed by atoms with van der Waals surface area (Å²) in [4.78, 5) is 11.9. The number of nitrogens with one attached hydrogen (secondary N) is 1. The fourth-order valence-electron chi connectivity index (χ4n) is 2.79. The summed E-state index contributed by atoms with van der Waals surface area (Å²) in [5.74, 6) is 0.605. The van der Waals surface area contributed by atoms with E-state index in [0.29, 0.717) is 11.4 Å². The van der Waals surface area contributed by atoms with E-state index >= 15 is 0 Å². The van der Waals surface area contributed by atoms with Crippen LogP contribution in [0.5, 0.6) is 0 Å². The molecule has 4 heteroatoms. The number of benzene rings is 3. The van der Waals surface area contributed by atoms with Crippen molar-refractivity contribution in [1.82, 2.24) is 0 Å². The van der Waals surface area contributed by atoms with Gasteiger partial charge in [0.25, 0.3) is 0 Å². The smallest absolute Gasteiger partial charge is 0.412 e. The molecule has 0 radical (unpaired) electrons. The third-order valence-corrected chi connectivity index (χ3v) is 4.04. The fraction of sp³-hybridized carbons (Fsp3) is 0.0455. The molecule has 4 rings (SSSR count). The minimum atomic E-state index is -0.512. The molecule has 0 unspecified atom stereocenters. The molecule has 1 amide bonds. The Labute approximate surface area is 151 Å². The third kappa shape index (κ3) is 3.59. The van der Waals surface area contributed by atoms with E-state index in [2.05, 4.69) is 23.5 Å². The summed E-state index contributed by atoms with van der Waals surface area (Å²) in [6, 6.07) is 27.3. The summed E-state index contributed by atoms with van der Waals surface area (Å²) in [6.07, 6.45) is -0.512. The van der Waals surface area contributed by atoms with Gasteiger partial charge in [-0.1, -0.05) is 54.6 Å². The normalized spacial score (nSPS) is 10.6. The number of para-hydroxylation sites is 1. The van der Waals surface area contributed by atoms with E-state index in [1.54, 1.807) is 12.1 Å². The number of ether oxygens (including phenoxy) is 1. The Kier molecular flexibility index (Phi) is 4.39. The maximum Gasteiger partial charge on any atom is 0.412 e. The molecule has 0 saturated carbocycles. The molecular formula is C22H17NO3. The quantitative estimate of drug-likeness (QED) is 0.506. The SMILES string of the molecule is O=C(Nc1ccccc1)OCc1cc2cc(-c3ccccc3)ccc2o1. The molecule has 0 spiro atoms. The van der Waals surface area contributed by atoms with Gasteiger partial charge in [-0.2, -0.15) is 0 Å². The van der Waals surface area contributed by atoms with Crippen molar-refractivity contribution < 1.29 is 13.9 Å². The van der Waals surface area contributed by atoms with Crippen LogP contribution in [0, 0.1) is 0 Å². The van der Waals surface area contributed by atoms with Crippen LogP contribution in [0.15, 0.2) is 89.3 Å². The number of fused-ring (bicyclic) bond motifs is 1. The Morgan fingerprint density at radius 2 is 1.58 bits per heavy atom. The standard InChI is InChI=1S/C22H17NO3/c24-22(23-19-9-5-2-6-10-19)25-15-20-14-18-13-17(11-12-21(18)26-20)16-7-3-1-4-8-16/h1-14H,15H2,(H,23,24). The van der Waals surface area contributed by atoms with Crippen molar-refractivity contribution >= 4 is 22.7 Å². The van der Waals surface area contributed by atoms with Crippen LogP contribution in [-0.2, 0) is 11.3 Å². The average Bonchev–Trinajstić information content (AvgIpc) is 3.10. The molecule has 26 heavy (non-hydrogen) atoms. The summed E-state index contributed by atoms with van der Waals surface area (Å²) in [7, 11) is 0. The van der Waals surface area contributed by atoms with E-state index in [4.69, 9.17) is 9.15 Å². The second kappa shape index (κ2) is 7.15. The molecule has 1 heterocycles. The van der Waals surface area contributed by atoms with Crippen LogP contribution in [0.2, 0.25) is 0 Å². The molecule has 4 nitrogen and oxygen atoms in total. The Morgan fingerprint density at radius 1 is 0.846 bits per heavy atom. The van der Waals surface area contributed by atoms with Crippen molar-refractivity contribution in [3.63, 3.8) is 0 Å². The highest BCUT2D eigenvalue weighted by molar-refractivity contribution is 5.85. The van der Waals surface area contributed by atoms with Gasteiger partial charge in [0.15, 0.2) is 6.61 Å². The van der Waals surface area contributed by atoms with E-state index in [-0.39, 0.29) is 6.61 Å². The zero-order valence-corrected chi connectivity index (χ0v) is 14.0. The Hall–Kier alpha value is -3.53. The van der Waals surface area contributed by atoms with E-state index in [0.717, 1.165) is 22.1 Å². The van der Waals surface area contributed by atoms with Gasteiger partial charge >= 0.3 is 6.09 Å². The van der Waals surface area contributed by atoms with Crippen molar-refractivity contribution in [2.24, 2.45) is 0 Å². The first-order valence-electron chi connectivity index (χ1n) is 8.35. The van der Waals surface area contributed by atoms with Gasteiger partial charge in [0.05, 0.1) is 0 Å². The highest BCUT2D eigenvalue weighted by Gasteiger charge is 2.09. The van der Waals surface area contributed by atoms with Crippen LogP contribution in [0.3, 0.4) is 0 Å². The first kappa shape index (κ1) is 16.0. The number of anilines is 1. The largest absolute Gasteiger partial charge is 0.457 e. The molecule has 3 aromatic carbocycles. The van der Waals surface area contributed by atoms with Gasteiger partial charge in [-0.25, -0.2) is 4.79 Å². The zero-order chi connectivity index (χ0) is 17.8. The minimum absolute atomic E-state index is 0.0774. The Morgan fingerprint density at radius 3 is 2.35 bits per heavy atom. The molecule has 1 aromatic heterocycles. The summed E-state index contributed by atoms with van der Waals surface area (Å²) in [5.41, 5.74) is 3.73. The van der Waals surface area contributed by atoms with Gasteiger partial charge in [0.1, 0.15) is 11.3 Å². The maximum atomic E-state index is 11.9. The van der Waals surface area contributed by atoms with Gasteiger partial charge in [0.2, 0.25) is 0 Å². The van der Waals surface area contributed by atoms with Crippen molar-refractivity contribution in [3.8, 4) is 11.1 Å². The van der Waals surface area contributed by atoms with E-state index < -0.39 is 6.09 Å². The minimum Gasteiger partial charge on any atom is -0.457 e. The highest BCUT2D eigenvalue weighted by Crippen LogP contribution is 2.27. The highest BCUT2D eigenvalue weighted by atomic mass is 16.6. The maximum absolute atomic E-state index is 11.9. The molecule has 128 valence electrons. The predicted octanol–water partition coefficient (Wildman–Crippen LogP) is 5.85. The molecule has 0 aliphatic rings. The lowest BCUT2D eigenvalue weighted by Crippen LogP contribution is -2.13. The van der Waals surface area contributed by atoms with Gasteiger partial charge in [-0.05, 0) is 41.5 Å². The number of rotatable bonds is 4. The van der Waals surface area contributed by atoms with Crippen LogP contribution < -0.4 is 5.32 Å². The Balaban J connectivity index is 1.45. The third-order valence-electron chi connectivity index (χ3n) is 4.04. The van der Waals surface area contributed by atoms with Crippen molar-refractivity contribution in [1.29, 1.82) is 0 Å². The van der Waals surface area contributed by atoms with Gasteiger partial charge in [-0.3, -0.25) is 5.32 Å². The van der Waals surface area contributed by atoms with Gasteiger partial charge < -0.3 is 9.15 Å². The predicted molar refractivity (Wildman–Crippen MR) is 102 cm³/mol. The van der Waals surface area contributed by atoms with E-state index in [1.807, 2.05) is 54.6 Å². The molecule has 0 aliphatic heterocycles. The lowest BCUT2D eigenvalue weighted by molar-refractivity contribution is 0.147. The molecular weight excluding hydrogens is 326 g/mol. The van der Waals surface area contributed by atoms with Gasteiger partial charge in [-0.15, -0.1) is 0 Å². The first-order chi connectivity index (χ1) is 12.8. The van der Waals surface area contributed by atoms with Crippen LogP contribution in [0.1, 0.15) is 5.76 Å².